The SMILES string of the molecule is C[C@]12CC[C@H]3C(=C1CC[C@@H]2O)[C@@H](O)CC1=C[C@@H](N)CC[C@@]13C. The van der Waals surface area contributed by atoms with Gasteiger partial charge in [0.15, 0.2) is 0 Å². The third-order valence-corrected chi connectivity index (χ3v) is 7.46. The number of hydrogen-bond donors (Lipinski definition) is 3. The minimum absolute atomic E-state index is 0.0878. The quantitative estimate of drug-likeness (QED) is 0.603. The number of fused-ring (bicyclic) bond motifs is 4. The summed E-state index contributed by atoms with van der Waals surface area (Å²) in [5.41, 5.74) is 10.3. The molecule has 2 fully saturated rings. The molecule has 0 unspecified atom stereocenters. The van der Waals surface area contributed by atoms with E-state index in [0.29, 0.717) is 5.92 Å². The van der Waals surface area contributed by atoms with E-state index in [2.05, 4.69) is 19.9 Å². The highest BCUT2D eigenvalue weighted by molar-refractivity contribution is 5.42. The predicted molar refractivity (Wildman–Crippen MR) is 87.1 cm³/mol. The van der Waals surface area contributed by atoms with Gasteiger partial charge in [0.25, 0.3) is 0 Å². The molecule has 0 aliphatic heterocycles. The minimum Gasteiger partial charge on any atom is -0.392 e. The fourth-order valence-corrected chi connectivity index (χ4v) is 5.96. The summed E-state index contributed by atoms with van der Waals surface area (Å²) in [6.07, 6.45) is 8.53. The Labute approximate surface area is 133 Å². The summed E-state index contributed by atoms with van der Waals surface area (Å²) in [4.78, 5) is 0. The van der Waals surface area contributed by atoms with E-state index < -0.39 is 0 Å². The lowest BCUT2D eigenvalue weighted by atomic mass is 9.51. The molecule has 0 spiro atoms. The maximum absolute atomic E-state index is 10.9. The lowest BCUT2D eigenvalue weighted by Gasteiger charge is -2.54. The maximum Gasteiger partial charge on any atom is 0.0793 e. The Morgan fingerprint density at radius 2 is 1.82 bits per heavy atom. The fraction of sp³-hybridized carbons (Fsp3) is 0.789. The summed E-state index contributed by atoms with van der Waals surface area (Å²) in [5.74, 6) is 0.448. The lowest BCUT2D eigenvalue weighted by molar-refractivity contribution is 0.0392. The van der Waals surface area contributed by atoms with Crippen molar-refractivity contribution in [2.24, 2.45) is 22.5 Å². The molecule has 0 aromatic rings. The third kappa shape index (κ3) is 1.79. The summed E-state index contributed by atoms with van der Waals surface area (Å²) in [6.45, 7) is 4.59. The molecule has 4 N–H and O–H groups in total. The van der Waals surface area contributed by atoms with Crippen LogP contribution in [-0.4, -0.2) is 28.5 Å². The second-order valence-corrected chi connectivity index (χ2v) is 8.53. The molecule has 4 aliphatic rings. The molecule has 3 nitrogen and oxygen atoms in total. The van der Waals surface area contributed by atoms with E-state index in [4.69, 9.17) is 5.73 Å². The van der Waals surface area contributed by atoms with E-state index in [1.165, 1.54) is 16.7 Å². The van der Waals surface area contributed by atoms with Crippen LogP contribution >= 0.6 is 0 Å². The Morgan fingerprint density at radius 3 is 2.59 bits per heavy atom. The molecule has 0 aromatic carbocycles. The van der Waals surface area contributed by atoms with Gasteiger partial charge in [0, 0.05) is 11.5 Å². The number of aliphatic hydroxyl groups excluding tert-OH is 2. The summed E-state index contributed by atoms with van der Waals surface area (Å²) in [6, 6.07) is 0.159. The molecular weight excluding hydrogens is 274 g/mol. The normalized spacial score (nSPS) is 51.0. The van der Waals surface area contributed by atoms with Crippen LogP contribution in [0.1, 0.15) is 58.8 Å². The van der Waals surface area contributed by atoms with E-state index in [1.807, 2.05) is 0 Å². The van der Waals surface area contributed by atoms with Crippen molar-refractivity contribution in [2.75, 3.05) is 0 Å². The molecule has 3 heteroatoms. The van der Waals surface area contributed by atoms with Gasteiger partial charge in [-0.25, -0.2) is 0 Å². The van der Waals surface area contributed by atoms with Crippen molar-refractivity contribution in [1.29, 1.82) is 0 Å². The van der Waals surface area contributed by atoms with Gasteiger partial charge >= 0.3 is 0 Å². The molecule has 4 aliphatic carbocycles. The second-order valence-electron chi connectivity index (χ2n) is 8.53. The van der Waals surface area contributed by atoms with Crippen molar-refractivity contribution in [3.63, 3.8) is 0 Å². The van der Waals surface area contributed by atoms with Gasteiger partial charge in [-0.2, -0.15) is 0 Å². The van der Waals surface area contributed by atoms with Crippen LogP contribution in [-0.2, 0) is 0 Å². The monoisotopic (exact) mass is 303 g/mol. The van der Waals surface area contributed by atoms with Crippen molar-refractivity contribution in [3.8, 4) is 0 Å². The van der Waals surface area contributed by atoms with Gasteiger partial charge in [-0.05, 0) is 61.9 Å². The first kappa shape index (κ1) is 14.9. The molecule has 0 amide bonds. The van der Waals surface area contributed by atoms with Crippen LogP contribution in [0.2, 0.25) is 0 Å². The first-order chi connectivity index (χ1) is 10.4. The van der Waals surface area contributed by atoms with Crippen LogP contribution < -0.4 is 5.73 Å². The summed E-state index contributed by atoms with van der Waals surface area (Å²) < 4.78 is 0. The van der Waals surface area contributed by atoms with Crippen molar-refractivity contribution < 1.29 is 10.2 Å². The zero-order valence-corrected chi connectivity index (χ0v) is 13.8. The Morgan fingerprint density at radius 1 is 1.09 bits per heavy atom. The molecular formula is C19H29NO2. The van der Waals surface area contributed by atoms with Crippen molar-refractivity contribution in [3.05, 3.63) is 22.8 Å². The molecule has 2 saturated carbocycles. The summed E-state index contributed by atoms with van der Waals surface area (Å²) in [7, 11) is 0. The molecule has 0 bridgehead atoms. The molecule has 0 heterocycles. The summed E-state index contributed by atoms with van der Waals surface area (Å²) in [5, 5.41) is 21.3. The van der Waals surface area contributed by atoms with Crippen LogP contribution in [0, 0.1) is 16.7 Å². The highest BCUT2D eigenvalue weighted by Gasteiger charge is 2.55. The van der Waals surface area contributed by atoms with Gasteiger partial charge in [-0.15, -0.1) is 0 Å². The van der Waals surface area contributed by atoms with E-state index >= 15 is 0 Å². The minimum atomic E-state index is -0.366. The molecule has 0 saturated heterocycles. The zero-order chi connectivity index (χ0) is 15.7. The van der Waals surface area contributed by atoms with Crippen molar-refractivity contribution >= 4 is 0 Å². The Bertz CT molecular complexity index is 566. The van der Waals surface area contributed by atoms with Gasteiger partial charge in [-0.1, -0.05) is 31.1 Å². The number of hydrogen-bond acceptors (Lipinski definition) is 3. The molecule has 0 aromatic heterocycles. The van der Waals surface area contributed by atoms with E-state index in [-0.39, 0.29) is 29.1 Å². The molecule has 4 rings (SSSR count). The molecule has 0 radical (unpaired) electrons. The highest BCUT2D eigenvalue weighted by atomic mass is 16.3. The topological polar surface area (TPSA) is 66.5 Å². The average Bonchev–Trinajstić information content (AvgIpc) is 2.77. The highest BCUT2D eigenvalue weighted by Crippen LogP contribution is 2.62. The largest absolute Gasteiger partial charge is 0.392 e. The molecule has 6 atom stereocenters. The first-order valence-electron chi connectivity index (χ1n) is 8.92. The third-order valence-electron chi connectivity index (χ3n) is 7.46. The molecule has 22 heavy (non-hydrogen) atoms. The van der Waals surface area contributed by atoms with Crippen LogP contribution in [0.15, 0.2) is 22.8 Å². The second kappa shape index (κ2) is 4.68. The van der Waals surface area contributed by atoms with E-state index in [0.717, 1.165) is 44.9 Å². The Kier molecular flexibility index (Phi) is 3.18. The Hall–Kier alpha value is -0.640. The van der Waals surface area contributed by atoms with E-state index in [9.17, 15) is 10.2 Å². The Balaban J connectivity index is 1.83. The van der Waals surface area contributed by atoms with E-state index in [1.54, 1.807) is 0 Å². The van der Waals surface area contributed by atoms with Crippen LogP contribution in [0.5, 0.6) is 0 Å². The number of aliphatic hydroxyl groups is 2. The molecule has 122 valence electrons. The first-order valence-corrected chi connectivity index (χ1v) is 8.92. The van der Waals surface area contributed by atoms with Crippen molar-refractivity contribution in [1.82, 2.24) is 0 Å². The predicted octanol–water partition coefficient (Wildman–Crippen LogP) is 2.67. The van der Waals surface area contributed by atoms with Gasteiger partial charge in [0.2, 0.25) is 0 Å². The lowest BCUT2D eigenvalue weighted by Crippen LogP contribution is -2.48. The standard InChI is InChI=1S/C19H29NO2/c1-18-7-5-12(20)9-11(18)10-15(21)17-13-3-4-16(22)19(13,2)8-6-14(17)18/h9,12,14-16,21-22H,3-8,10,20H2,1-2H3/t12-,14-,15-,16-,18-,19-/m0/s1. The van der Waals surface area contributed by atoms with Crippen LogP contribution in [0.4, 0.5) is 0 Å². The number of nitrogens with two attached hydrogens (primary N) is 1. The van der Waals surface area contributed by atoms with Gasteiger partial charge in [-0.3, -0.25) is 0 Å². The van der Waals surface area contributed by atoms with Crippen LogP contribution in [0.3, 0.4) is 0 Å². The van der Waals surface area contributed by atoms with Crippen molar-refractivity contribution in [2.45, 2.75) is 77.0 Å². The van der Waals surface area contributed by atoms with Crippen LogP contribution in [0.25, 0.3) is 0 Å². The maximum atomic E-state index is 10.9. The zero-order valence-electron chi connectivity index (χ0n) is 13.8. The van der Waals surface area contributed by atoms with Gasteiger partial charge in [0.1, 0.15) is 0 Å². The fourth-order valence-electron chi connectivity index (χ4n) is 5.96. The average molecular weight is 303 g/mol. The summed E-state index contributed by atoms with van der Waals surface area (Å²) >= 11 is 0. The number of rotatable bonds is 0. The smallest absolute Gasteiger partial charge is 0.0793 e. The van der Waals surface area contributed by atoms with Gasteiger partial charge in [0.05, 0.1) is 12.2 Å². The van der Waals surface area contributed by atoms with Gasteiger partial charge < -0.3 is 15.9 Å².